The Hall–Kier alpha value is -2.09. The summed E-state index contributed by atoms with van der Waals surface area (Å²) < 4.78 is 24.3. The molecule has 2 fully saturated rings. The molecule has 24 heavy (non-hydrogen) atoms. The first-order valence-electron chi connectivity index (χ1n) is 7.68. The van der Waals surface area contributed by atoms with E-state index in [9.17, 15) is 9.18 Å². The average Bonchev–Trinajstić information content (AvgIpc) is 3.14. The number of rotatable bonds is 3. The van der Waals surface area contributed by atoms with Gasteiger partial charge >= 0.3 is 0 Å². The van der Waals surface area contributed by atoms with E-state index in [2.05, 4.69) is 10.1 Å². The summed E-state index contributed by atoms with van der Waals surface area (Å²) in [4.78, 5) is 18.0. The van der Waals surface area contributed by atoms with Crippen LogP contribution >= 0.6 is 11.8 Å². The topological polar surface area (TPSA) is 68.5 Å². The summed E-state index contributed by atoms with van der Waals surface area (Å²) in [7, 11) is 0. The maximum atomic E-state index is 13.6. The summed E-state index contributed by atoms with van der Waals surface area (Å²) in [5.41, 5.74) is 0.341. The van der Waals surface area contributed by atoms with Crippen LogP contribution in [0.25, 0.3) is 0 Å². The van der Waals surface area contributed by atoms with E-state index in [-0.39, 0.29) is 22.6 Å². The third kappa shape index (κ3) is 2.75. The number of nitrogens with zero attached hydrogens (tertiary/aromatic N) is 3. The number of hydrogen-bond acceptors (Lipinski definition) is 6. The van der Waals surface area contributed by atoms with E-state index in [4.69, 9.17) is 9.26 Å². The maximum absolute atomic E-state index is 13.6. The standard InChI is InChI=1S/C16H16FN3O3S/c1-10-5-13(19-23-10)15(21)20-8-16(9-20)6-11(7-24-16)22-14-12(17)3-2-4-18-14/h2-5,11H,6-9H2,1H3/t11-/m0/s1. The van der Waals surface area contributed by atoms with Gasteiger partial charge in [0.25, 0.3) is 11.8 Å². The lowest BCUT2D eigenvalue weighted by Gasteiger charge is -2.47. The average molecular weight is 349 g/mol. The molecule has 0 N–H and O–H groups in total. The Morgan fingerprint density at radius 2 is 2.38 bits per heavy atom. The lowest BCUT2D eigenvalue weighted by Crippen LogP contribution is -2.60. The van der Waals surface area contributed by atoms with Crippen molar-refractivity contribution in [2.45, 2.75) is 24.2 Å². The first-order valence-corrected chi connectivity index (χ1v) is 8.67. The molecular weight excluding hydrogens is 333 g/mol. The summed E-state index contributed by atoms with van der Waals surface area (Å²) in [6.07, 6.45) is 2.20. The Balaban J connectivity index is 1.35. The normalized spacial score (nSPS) is 21.8. The minimum atomic E-state index is -0.449. The highest BCUT2D eigenvalue weighted by Crippen LogP contribution is 2.46. The minimum absolute atomic E-state index is 0.00956. The van der Waals surface area contributed by atoms with Crippen LogP contribution in [-0.4, -0.2) is 50.6 Å². The molecule has 0 bridgehead atoms. The fourth-order valence-electron chi connectivity index (χ4n) is 3.14. The monoisotopic (exact) mass is 349 g/mol. The third-order valence-electron chi connectivity index (χ3n) is 4.27. The number of carbonyl (C=O) groups excluding carboxylic acids is 1. The Kier molecular flexibility index (Phi) is 3.71. The molecular formula is C16H16FN3O3S. The molecule has 2 aromatic heterocycles. The van der Waals surface area contributed by atoms with Gasteiger partial charge in [-0.05, 0) is 19.1 Å². The number of amides is 1. The van der Waals surface area contributed by atoms with Gasteiger partial charge in [0.15, 0.2) is 11.5 Å². The Morgan fingerprint density at radius 3 is 3.08 bits per heavy atom. The zero-order valence-electron chi connectivity index (χ0n) is 13.1. The van der Waals surface area contributed by atoms with Crippen molar-refractivity contribution in [3.8, 4) is 5.88 Å². The summed E-state index contributed by atoms with van der Waals surface area (Å²) in [6.45, 7) is 3.05. The number of likely N-dealkylation sites (tertiary alicyclic amines) is 1. The lowest BCUT2D eigenvalue weighted by molar-refractivity contribution is 0.0504. The second kappa shape index (κ2) is 5.77. The van der Waals surface area contributed by atoms with E-state index in [0.29, 0.717) is 24.5 Å². The molecule has 2 aromatic rings. The zero-order valence-corrected chi connectivity index (χ0v) is 13.9. The van der Waals surface area contributed by atoms with E-state index in [1.165, 1.54) is 18.3 Å². The van der Waals surface area contributed by atoms with Crippen molar-refractivity contribution in [1.29, 1.82) is 0 Å². The Bertz CT molecular complexity index is 775. The van der Waals surface area contributed by atoms with E-state index in [0.717, 1.165) is 12.2 Å². The van der Waals surface area contributed by atoms with Crippen molar-refractivity contribution in [3.63, 3.8) is 0 Å². The molecule has 126 valence electrons. The van der Waals surface area contributed by atoms with Gasteiger partial charge in [0.05, 0.1) is 4.75 Å². The van der Waals surface area contributed by atoms with Crippen LogP contribution < -0.4 is 4.74 Å². The maximum Gasteiger partial charge on any atom is 0.276 e. The van der Waals surface area contributed by atoms with Gasteiger partial charge in [0.1, 0.15) is 11.9 Å². The van der Waals surface area contributed by atoms with Crippen LogP contribution in [0.4, 0.5) is 4.39 Å². The number of pyridine rings is 1. The van der Waals surface area contributed by atoms with Crippen LogP contribution in [0.2, 0.25) is 0 Å². The van der Waals surface area contributed by atoms with Gasteiger partial charge in [-0.25, -0.2) is 9.37 Å². The van der Waals surface area contributed by atoms with Gasteiger partial charge in [-0.15, -0.1) is 11.8 Å². The predicted octanol–water partition coefficient (Wildman–Crippen LogP) is 2.30. The van der Waals surface area contributed by atoms with E-state index >= 15 is 0 Å². The number of hydrogen-bond donors (Lipinski definition) is 0. The third-order valence-corrected chi connectivity index (χ3v) is 5.85. The van der Waals surface area contributed by atoms with Gasteiger partial charge in [0.2, 0.25) is 0 Å². The second-order valence-corrected chi connectivity index (χ2v) is 7.70. The van der Waals surface area contributed by atoms with Gasteiger partial charge in [-0.3, -0.25) is 4.79 Å². The molecule has 1 atom stereocenters. The van der Waals surface area contributed by atoms with Crippen LogP contribution in [0.3, 0.4) is 0 Å². The smallest absolute Gasteiger partial charge is 0.276 e. The molecule has 4 rings (SSSR count). The van der Waals surface area contributed by atoms with Crippen molar-refractivity contribution in [2.24, 2.45) is 0 Å². The van der Waals surface area contributed by atoms with Crippen molar-refractivity contribution in [2.75, 3.05) is 18.8 Å². The van der Waals surface area contributed by atoms with Crippen molar-refractivity contribution in [3.05, 3.63) is 41.7 Å². The van der Waals surface area contributed by atoms with Crippen LogP contribution in [0.15, 0.2) is 28.9 Å². The highest BCUT2D eigenvalue weighted by atomic mass is 32.2. The molecule has 0 aromatic carbocycles. The van der Waals surface area contributed by atoms with Crippen LogP contribution in [0.1, 0.15) is 22.7 Å². The quantitative estimate of drug-likeness (QED) is 0.847. The van der Waals surface area contributed by atoms with Crippen molar-refractivity contribution >= 4 is 17.7 Å². The molecule has 0 saturated carbocycles. The van der Waals surface area contributed by atoms with E-state index in [1.807, 2.05) is 0 Å². The molecule has 2 aliphatic heterocycles. The fourth-order valence-corrected chi connectivity index (χ4v) is 4.66. The molecule has 4 heterocycles. The molecule has 0 unspecified atom stereocenters. The summed E-state index contributed by atoms with van der Waals surface area (Å²) in [5.74, 6) is 0.870. The number of aryl methyl sites for hydroxylation is 1. The predicted molar refractivity (Wildman–Crippen MR) is 85.6 cm³/mol. The molecule has 8 heteroatoms. The van der Waals surface area contributed by atoms with Crippen molar-refractivity contribution in [1.82, 2.24) is 15.0 Å². The highest BCUT2D eigenvalue weighted by Gasteiger charge is 2.51. The number of ether oxygens (including phenoxy) is 1. The van der Waals surface area contributed by atoms with Crippen LogP contribution in [-0.2, 0) is 0 Å². The second-order valence-electron chi connectivity index (χ2n) is 6.21. The number of aromatic nitrogens is 2. The molecule has 1 amide bonds. The Labute approximate surface area is 142 Å². The van der Waals surface area contributed by atoms with Gasteiger partial charge in [-0.2, -0.15) is 0 Å². The largest absolute Gasteiger partial charge is 0.471 e. The molecule has 2 aliphatic rings. The van der Waals surface area contributed by atoms with Gasteiger partial charge in [0, 0.05) is 37.5 Å². The highest BCUT2D eigenvalue weighted by molar-refractivity contribution is 8.01. The van der Waals surface area contributed by atoms with Gasteiger partial charge in [-0.1, -0.05) is 5.16 Å². The Morgan fingerprint density at radius 1 is 1.54 bits per heavy atom. The van der Waals surface area contributed by atoms with E-state index in [1.54, 1.807) is 29.7 Å². The number of halogens is 1. The first kappa shape index (κ1) is 15.4. The molecule has 0 aliphatic carbocycles. The van der Waals surface area contributed by atoms with E-state index < -0.39 is 5.82 Å². The molecule has 1 spiro atoms. The fraction of sp³-hybridized carbons (Fsp3) is 0.438. The number of thioether (sulfide) groups is 1. The molecule has 6 nitrogen and oxygen atoms in total. The van der Waals surface area contributed by atoms with Crippen molar-refractivity contribution < 1.29 is 18.4 Å². The van der Waals surface area contributed by atoms with Crippen LogP contribution in [0.5, 0.6) is 5.88 Å². The summed E-state index contributed by atoms with van der Waals surface area (Å²) in [6, 6.07) is 4.52. The SMILES string of the molecule is Cc1cc(C(=O)N2CC3(C[C@H](Oc4ncccc4F)CS3)C2)no1. The first-order chi connectivity index (χ1) is 11.5. The van der Waals surface area contributed by atoms with Crippen LogP contribution in [0, 0.1) is 12.7 Å². The molecule has 0 radical (unpaired) electrons. The summed E-state index contributed by atoms with van der Waals surface area (Å²) >= 11 is 1.77. The number of carbonyl (C=O) groups is 1. The molecule has 2 saturated heterocycles. The van der Waals surface area contributed by atoms with Gasteiger partial charge < -0.3 is 14.2 Å². The zero-order chi connectivity index (χ0) is 16.7. The minimum Gasteiger partial charge on any atom is -0.471 e. The summed E-state index contributed by atoms with van der Waals surface area (Å²) in [5, 5.41) is 3.77. The lowest BCUT2D eigenvalue weighted by atomic mass is 9.92.